The van der Waals surface area contributed by atoms with Crippen LogP contribution in [-0.2, 0) is 4.79 Å². The number of likely N-dealkylation sites (tertiary alicyclic amines) is 1. The van der Waals surface area contributed by atoms with Crippen molar-refractivity contribution in [2.45, 2.75) is 39.3 Å². The average Bonchev–Trinajstić information content (AvgIpc) is 2.85. The van der Waals surface area contributed by atoms with Crippen molar-refractivity contribution in [3.8, 4) is 5.88 Å². The Labute approximate surface area is 136 Å². The van der Waals surface area contributed by atoms with E-state index in [4.69, 9.17) is 4.74 Å². The summed E-state index contributed by atoms with van der Waals surface area (Å²) in [5, 5.41) is 0. The number of pyridine rings is 1. The third-order valence-electron chi connectivity index (χ3n) is 4.35. The quantitative estimate of drug-likeness (QED) is 0.788. The number of likely N-dealkylation sites (N-methyl/N-ethyl adjacent to an activating group) is 1. The van der Waals surface area contributed by atoms with Crippen molar-refractivity contribution < 1.29 is 14.3 Å². The van der Waals surface area contributed by atoms with E-state index in [9.17, 15) is 9.59 Å². The van der Waals surface area contributed by atoms with Crippen LogP contribution in [-0.4, -0.2) is 58.9 Å². The molecule has 0 unspecified atom stereocenters. The molecule has 1 aromatic rings. The van der Waals surface area contributed by atoms with Gasteiger partial charge < -0.3 is 14.5 Å². The molecule has 3 heterocycles. The highest BCUT2D eigenvalue weighted by Crippen LogP contribution is 2.30. The summed E-state index contributed by atoms with van der Waals surface area (Å²) in [6.45, 7) is 7.14. The Morgan fingerprint density at radius 1 is 1.39 bits per heavy atom. The van der Waals surface area contributed by atoms with Gasteiger partial charge in [-0.05, 0) is 17.5 Å². The van der Waals surface area contributed by atoms with Crippen LogP contribution in [0.25, 0.3) is 0 Å². The Bertz CT molecular complexity index is 638. The van der Waals surface area contributed by atoms with Crippen LogP contribution in [0.3, 0.4) is 0 Å². The lowest BCUT2D eigenvalue weighted by Gasteiger charge is -2.25. The summed E-state index contributed by atoms with van der Waals surface area (Å²) in [5.41, 5.74) is 0.426. The van der Waals surface area contributed by atoms with E-state index in [1.165, 1.54) is 0 Å². The van der Waals surface area contributed by atoms with Gasteiger partial charge in [-0.3, -0.25) is 9.59 Å². The van der Waals surface area contributed by atoms with Crippen molar-refractivity contribution in [2.24, 2.45) is 5.41 Å². The van der Waals surface area contributed by atoms with E-state index in [0.29, 0.717) is 31.0 Å². The van der Waals surface area contributed by atoms with Crippen LogP contribution >= 0.6 is 0 Å². The Morgan fingerprint density at radius 2 is 2.13 bits per heavy atom. The molecule has 6 nitrogen and oxygen atoms in total. The van der Waals surface area contributed by atoms with Crippen LogP contribution in [0, 0.1) is 5.41 Å². The fraction of sp³-hybridized carbons (Fsp3) is 0.588. The molecule has 124 valence electrons. The van der Waals surface area contributed by atoms with Gasteiger partial charge in [-0.15, -0.1) is 0 Å². The van der Waals surface area contributed by atoms with Crippen molar-refractivity contribution in [3.05, 3.63) is 23.9 Å². The highest BCUT2D eigenvalue weighted by molar-refractivity contribution is 5.97. The molecule has 1 fully saturated rings. The molecule has 1 aromatic heterocycles. The van der Waals surface area contributed by atoms with Gasteiger partial charge in [0.25, 0.3) is 5.91 Å². The zero-order valence-corrected chi connectivity index (χ0v) is 14.1. The number of amides is 2. The zero-order chi connectivity index (χ0) is 16.8. The summed E-state index contributed by atoms with van der Waals surface area (Å²) >= 11 is 0. The minimum absolute atomic E-state index is 0.0571. The maximum atomic E-state index is 12.6. The SMILES string of the molecule is CN1C(=O)c2cccnc2O[C@H]2CN(C(=O)CC(C)(C)C)C[C@H]21. The number of carbonyl (C=O) groups excluding carboxylic acids is 2. The van der Waals surface area contributed by atoms with E-state index in [1.54, 1.807) is 35.2 Å². The second kappa shape index (κ2) is 5.51. The minimum atomic E-state index is -0.232. The van der Waals surface area contributed by atoms with Crippen molar-refractivity contribution in [1.29, 1.82) is 0 Å². The van der Waals surface area contributed by atoms with Gasteiger partial charge in [0.2, 0.25) is 11.8 Å². The summed E-state index contributed by atoms with van der Waals surface area (Å²) in [7, 11) is 1.77. The molecular formula is C17H23N3O3. The molecule has 2 atom stereocenters. The number of hydrogen-bond donors (Lipinski definition) is 0. The second-order valence-corrected chi connectivity index (χ2v) is 7.53. The molecule has 0 bridgehead atoms. The van der Waals surface area contributed by atoms with E-state index in [-0.39, 0.29) is 29.4 Å². The number of ether oxygens (including phenoxy) is 1. The molecule has 2 amide bonds. The first-order chi connectivity index (χ1) is 10.8. The molecule has 6 heteroatoms. The molecule has 0 aliphatic carbocycles. The van der Waals surface area contributed by atoms with E-state index < -0.39 is 0 Å². The predicted octanol–water partition coefficient (Wildman–Crippen LogP) is 1.56. The largest absolute Gasteiger partial charge is 0.470 e. The third kappa shape index (κ3) is 3.02. The van der Waals surface area contributed by atoms with Crippen LogP contribution in [0.4, 0.5) is 0 Å². The number of nitrogens with zero attached hydrogens (tertiary/aromatic N) is 3. The zero-order valence-electron chi connectivity index (χ0n) is 14.1. The lowest BCUT2D eigenvalue weighted by molar-refractivity contribution is -0.132. The first-order valence-corrected chi connectivity index (χ1v) is 7.93. The normalized spacial score (nSPS) is 23.9. The maximum absolute atomic E-state index is 12.6. The molecule has 2 aliphatic rings. The van der Waals surface area contributed by atoms with Gasteiger partial charge in [-0.25, -0.2) is 4.98 Å². The smallest absolute Gasteiger partial charge is 0.259 e. The molecule has 3 rings (SSSR count). The van der Waals surface area contributed by atoms with Crippen molar-refractivity contribution in [2.75, 3.05) is 20.1 Å². The van der Waals surface area contributed by atoms with Crippen LogP contribution in [0.15, 0.2) is 18.3 Å². The molecule has 2 aliphatic heterocycles. The summed E-state index contributed by atoms with van der Waals surface area (Å²) in [6.07, 6.45) is 1.87. The average molecular weight is 317 g/mol. The van der Waals surface area contributed by atoms with Gasteiger partial charge in [0, 0.05) is 26.2 Å². The highest BCUT2D eigenvalue weighted by Gasteiger charge is 2.44. The molecule has 0 aromatic carbocycles. The molecule has 0 N–H and O–H groups in total. The fourth-order valence-corrected chi connectivity index (χ4v) is 3.15. The van der Waals surface area contributed by atoms with Crippen LogP contribution in [0.1, 0.15) is 37.6 Å². The van der Waals surface area contributed by atoms with Gasteiger partial charge in [-0.2, -0.15) is 0 Å². The van der Waals surface area contributed by atoms with Crippen LogP contribution in [0.2, 0.25) is 0 Å². The number of fused-ring (bicyclic) bond motifs is 2. The summed E-state index contributed by atoms with van der Waals surface area (Å²) in [6, 6.07) is 3.32. The summed E-state index contributed by atoms with van der Waals surface area (Å²) in [4.78, 5) is 32.7. The van der Waals surface area contributed by atoms with E-state index in [1.807, 2.05) is 20.8 Å². The molecular weight excluding hydrogens is 294 g/mol. The van der Waals surface area contributed by atoms with Gasteiger partial charge in [0.15, 0.2) is 0 Å². The second-order valence-electron chi connectivity index (χ2n) is 7.53. The fourth-order valence-electron chi connectivity index (χ4n) is 3.15. The topological polar surface area (TPSA) is 62.7 Å². The van der Waals surface area contributed by atoms with Crippen molar-refractivity contribution in [1.82, 2.24) is 14.8 Å². The van der Waals surface area contributed by atoms with Gasteiger partial charge in [0.05, 0.1) is 12.6 Å². The van der Waals surface area contributed by atoms with Gasteiger partial charge in [-0.1, -0.05) is 20.8 Å². The van der Waals surface area contributed by atoms with E-state index >= 15 is 0 Å². The van der Waals surface area contributed by atoms with Crippen LogP contribution < -0.4 is 4.74 Å². The third-order valence-corrected chi connectivity index (χ3v) is 4.35. The monoisotopic (exact) mass is 317 g/mol. The van der Waals surface area contributed by atoms with Crippen molar-refractivity contribution >= 4 is 11.8 Å². The Balaban J connectivity index is 1.82. The Kier molecular flexibility index (Phi) is 3.78. The van der Waals surface area contributed by atoms with E-state index in [0.717, 1.165) is 0 Å². The summed E-state index contributed by atoms with van der Waals surface area (Å²) in [5.74, 6) is 0.365. The minimum Gasteiger partial charge on any atom is -0.470 e. The van der Waals surface area contributed by atoms with E-state index in [2.05, 4.69) is 4.98 Å². The standard InChI is InChI=1S/C17H23N3O3/c1-17(2,3)8-14(21)20-9-12-13(10-20)23-15-11(6-5-7-18-15)16(22)19(12)4/h5-7,12-13H,8-10H2,1-4H3/t12-,13+/m1/s1. The Morgan fingerprint density at radius 3 is 2.83 bits per heavy atom. The highest BCUT2D eigenvalue weighted by atomic mass is 16.5. The number of carbonyl (C=O) groups is 2. The number of aromatic nitrogens is 1. The molecule has 0 radical (unpaired) electrons. The number of hydrogen-bond acceptors (Lipinski definition) is 4. The van der Waals surface area contributed by atoms with Crippen LogP contribution in [0.5, 0.6) is 5.88 Å². The first-order valence-electron chi connectivity index (χ1n) is 7.93. The first kappa shape index (κ1) is 15.8. The maximum Gasteiger partial charge on any atom is 0.259 e. The lowest BCUT2D eigenvalue weighted by atomic mass is 9.92. The van der Waals surface area contributed by atoms with Crippen molar-refractivity contribution in [3.63, 3.8) is 0 Å². The van der Waals surface area contributed by atoms with Gasteiger partial charge in [0.1, 0.15) is 11.7 Å². The lowest BCUT2D eigenvalue weighted by Crippen LogP contribution is -2.44. The van der Waals surface area contributed by atoms with Gasteiger partial charge >= 0.3 is 0 Å². The predicted molar refractivity (Wildman–Crippen MR) is 85.2 cm³/mol. The number of rotatable bonds is 1. The molecule has 1 saturated heterocycles. The molecule has 0 spiro atoms. The Hall–Kier alpha value is -2.11. The molecule has 23 heavy (non-hydrogen) atoms. The summed E-state index contributed by atoms with van der Waals surface area (Å²) < 4.78 is 5.96. The molecule has 0 saturated carbocycles.